The summed E-state index contributed by atoms with van der Waals surface area (Å²) in [5, 5.41) is 13.0. The molecule has 18 heavy (non-hydrogen) atoms. The topological polar surface area (TPSA) is 70.7 Å². The quantitative estimate of drug-likeness (QED) is 0.796. The maximum Gasteiger partial charge on any atom is 0.323 e. The average Bonchev–Trinajstić information content (AvgIpc) is 2.74. The fourth-order valence-corrected chi connectivity index (χ4v) is 1.75. The van der Waals surface area contributed by atoms with Crippen LogP contribution in [0.15, 0.2) is 18.5 Å². The van der Waals surface area contributed by atoms with E-state index in [0.29, 0.717) is 11.5 Å². The minimum absolute atomic E-state index is 0.178. The Morgan fingerprint density at radius 3 is 3.06 bits per heavy atom. The first kappa shape index (κ1) is 11.9. The summed E-state index contributed by atoms with van der Waals surface area (Å²) in [6.07, 6.45) is 6.69. The van der Waals surface area contributed by atoms with Crippen molar-refractivity contribution in [1.82, 2.24) is 14.6 Å². The number of hydrogen-bond donors (Lipinski definition) is 1. The number of aromatic nitrogens is 3. The van der Waals surface area contributed by atoms with Crippen LogP contribution in [0.3, 0.4) is 0 Å². The van der Waals surface area contributed by atoms with Gasteiger partial charge in [-0.25, -0.2) is 4.98 Å². The molecule has 2 aromatic heterocycles. The Balaban J connectivity index is 2.52. The van der Waals surface area contributed by atoms with Crippen LogP contribution in [0.1, 0.15) is 5.56 Å². The molecular formula is C12H12N4O2. The van der Waals surface area contributed by atoms with Gasteiger partial charge in [0, 0.05) is 0 Å². The highest BCUT2D eigenvalue weighted by Crippen LogP contribution is 2.17. The van der Waals surface area contributed by atoms with Gasteiger partial charge in [-0.3, -0.25) is 4.79 Å². The van der Waals surface area contributed by atoms with E-state index in [0.717, 1.165) is 5.56 Å². The van der Waals surface area contributed by atoms with Crippen LogP contribution >= 0.6 is 0 Å². The molecule has 2 rings (SSSR count). The number of pyridine rings is 1. The smallest absolute Gasteiger partial charge is 0.323 e. The molecular weight excluding hydrogens is 232 g/mol. The summed E-state index contributed by atoms with van der Waals surface area (Å²) in [4.78, 5) is 16.5. The Kier molecular flexibility index (Phi) is 3.15. The number of anilines is 1. The van der Waals surface area contributed by atoms with Crippen molar-refractivity contribution in [2.45, 2.75) is 6.92 Å². The monoisotopic (exact) mass is 244 g/mol. The van der Waals surface area contributed by atoms with Crippen molar-refractivity contribution in [3.8, 4) is 12.3 Å². The molecule has 0 aliphatic rings. The van der Waals surface area contributed by atoms with Gasteiger partial charge in [-0.05, 0) is 24.6 Å². The number of rotatable bonds is 4. The van der Waals surface area contributed by atoms with Gasteiger partial charge in [-0.2, -0.15) is 9.61 Å². The fourth-order valence-electron chi connectivity index (χ4n) is 1.75. The van der Waals surface area contributed by atoms with Crippen molar-refractivity contribution in [3.05, 3.63) is 24.0 Å². The third-order valence-electron chi connectivity index (χ3n) is 2.44. The first-order valence-electron chi connectivity index (χ1n) is 5.32. The number of carboxylic acids is 1. The molecule has 0 aliphatic carbocycles. The highest BCUT2D eigenvalue weighted by atomic mass is 16.4. The Hall–Kier alpha value is -2.55. The first-order valence-corrected chi connectivity index (χ1v) is 5.32. The van der Waals surface area contributed by atoms with Gasteiger partial charge in [-0.15, -0.1) is 6.42 Å². The molecule has 1 N–H and O–H groups in total. The highest BCUT2D eigenvalue weighted by Gasteiger charge is 2.14. The van der Waals surface area contributed by atoms with Gasteiger partial charge in [-0.1, -0.05) is 5.92 Å². The largest absolute Gasteiger partial charge is 0.480 e. The van der Waals surface area contributed by atoms with Gasteiger partial charge < -0.3 is 10.0 Å². The van der Waals surface area contributed by atoms with E-state index < -0.39 is 5.97 Å². The summed E-state index contributed by atoms with van der Waals surface area (Å²) in [7, 11) is 0. The van der Waals surface area contributed by atoms with E-state index in [2.05, 4.69) is 16.0 Å². The van der Waals surface area contributed by atoms with E-state index in [1.807, 2.05) is 19.1 Å². The summed E-state index contributed by atoms with van der Waals surface area (Å²) in [5.74, 6) is 2.13. The van der Waals surface area contributed by atoms with Crippen molar-refractivity contribution in [3.63, 3.8) is 0 Å². The number of carbonyl (C=O) groups is 1. The lowest BCUT2D eigenvalue weighted by Gasteiger charge is -2.21. The molecule has 0 unspecified atom stereocenters. The molecule has 0 bridgehead atoms. The number of fused-ring (bicyclic) bond motifs is 1. The normalized spacial score (nSPS) is 10.2. The summed E-state index contributed by atoms with van der Waals surface area (Å²) in [6.45, 7) is 1.93. The zero-order valence-corrected chi connectivity index (χ0v) is 9.87. The second kappa shape index (κ2) is 4.75. The molecule has 2 aromatic rings. The first-order chi connectivity index (χ1) is 8.61. The molecule has 0 aliphatic heterocycles. The third-order valence-corrected chi connectivity index (χ3v) is 2.44. The van der Waals surface area contributed by atoms with Crippen molar-refractivity contribution in [2.24, 2.45) is 0 Å². The van der Waals surface area contributed by atoms with Crippen molar-refractivity contribution >= 4 is 17.4 Å². The SMILES string of the molecule is C#CCN(CC(=O)O)c1cc(C)cc2ncnn12. The van der Waals surface area contributed by atoms with Crippen LogP contribution in [0.5, 0.6) is 0 Å². The van der Waals surface area contributed by atoms with E-state index in [1.54, 1.807) is 9.42 Å². The maximum absolute atomic E-state index is 10.9. The minimum atomic E-state index is -0.944. The lowest BCUT2D eigenvalue weighted by atomic mass is 10.2. The van der Waals surface area contributed by atoms with Crippen LogP contribution in [-0.4, -0.2) is 38.8 Å². The van der Waals surface area contributed by atoms with Crippen LogP contribution in [0.2, 0.25) is 0 Å². The predicted molar refractivity (Wildman–Crippen MR) is 66.4 cm³/mol. The molecule has 0 saturated carbocycles. The van der Waals surface area contributed by atoms with Crippen LogP contribution in [0.4, 0.5) is 5.82 Å². The lowest BCUT2D eigenvalue weighted by Crippen LogP contribution is -2.31. The highest BCUT2D eigenvalue weighted by molar-refractivity contribution is 5.73. The van der Waals surface area contributed by atoms with Crippen LogP contribution in [0.25, 0.3) is 5.65 Å². The number of hydrogen-bond acceptors (Lipinski definition) is 4. The number of aryl methyl sites for hydroxylation is 1. The summed E-state index contributed by atoms with van der Waals surface area (Å²) < 4.78 is 1.58. The Labute approximate surface area is 104 Å². The number of aliphatic carboxylic acids is 1. The van der Waals surface area contributed by atoms with Gasteiger partial charge >= 0.3 is 5.97 Å². The van der Waals surface area contributed by atoms with E-state index in [1.165, 1.54) is 6.33 Å². The molecule has 0 radical (unpaired) electrons. The van der Waals surface area contributed by atoms with Crippen LogP contribution in [0, 0.1) is 19.3 Å². The zero-order chi connectivity index (χ0) is 13.1. The molecule has 0 atom stereocenters. The number of carboxylic acid groups (broad SMARTS) is 1. The maximum atomic E-state index is 10.9. The second-order valence-corrected chi connectivity index (χ2v) is 3.87. The average molecular weight is 244 g/mol. The standard InChI is InChI=1S/C12H12N4O2/c1-3-4-15(7-12(17)18)11-6-9(2)5-10-13-8-14-16(10)11/h1,5-6,8H,4,7H2,2H3,(H,17,18). The lowest BCUT2D eigenvalue weighted by molar-refractivity contribution is -0.135. The molecule has 6 nitrogen and oxygen atoms in total. The van der Waals surface area contributed by atoms with Crippen LogP contribution in [-0.2, 0) is 4.79 Å². The molecule has 0 aromatic carbocycles. The van der Waals surface area contributed by atoms with E-state index >= 15 is 0 Å². The summed E-state index contributed by atoms with van der Waals surface area (Å²) in [6, 6.07) is 3.70. The van der Waals surface area contributed by atoms with Gasteiger partial charge in [0.2, 0.25) is 0 Å². The Morgan fingerprint density at radius 1 is 1.61 bits per heavy atom. The summed E-state index contributed by atoms with van der Waals surface area (Å²) in [5.41, 5.74) is 1.63. The fraction of sp³-hybridized carbons (Fsp3) is 0.250. The Morgan fingerprint density at radius 2 is 2.39 bits per heavy atom. The van der Waals surface area contributed by atoms with E-state index in [9.17, 15) is 4.79 Å². The van der Waals surface area contributed by atoms with Crippen molar-refractivity contribution in [2.75, 3.05) is 18.0 Å². The molecule has 0 fully saturated rings. The predicted octanol–water partition coefficient (Wildman–Crippen LogP) is 0.562. The van der Waals surface area contributed by atoms with E-state index in [4.69, 9.17) is 11.5 Å². The second-order valence-electron chi connectivity index (χ2n) is 3.87. The van der Waals surface area contributed by atoms with Gasteiger partial charge in [0.15, 0.2) is 5.65 Å². The molecule has 92 valence electrons. The zero-order valence-electron chi connectivity index (χ0n) is 9.87. The number of nitrogens with zero attached hydrogens (tertiary/aromatic N) is 4. The molecule has 0 saturated heterocycles. The third kappa shape index (κ3) is 2.25. The molecule has 0 spiro atoms. The molecule has 0 amide bonds. The Bertz CT molecular complexity index is 627. The summed E-state index contributed by atoms with van der Waals surface area (Å²) >= 11 is 0. The van der Waals surface area contributed by atoms with Crippen LogP contribution < -0.4 is 4.90 Å². The van der Waals surface area contributed by atoms with Gasteiger partial charge in [0.25, 0.3) is 0 Å². The van der Waals surface area contributed by atoms with Gasteiger partial charge in [0.1, 0.15) is 18.7 Å². The van der Waals surface area contributed by atoms with Crippen molar-refractivity contribution in [1.29, 1.82) is 0 Å². The van der Waals surface area contributed by atoms with E-state index in [-0.39, 0.29) is 13.1 Å². The molecule has 2 heterocycles. The minimum Gasteiger partial charge on any atom is -0.480 e. The van der Waals surface area contributed by atoms with Crippen molar-refractivity contribution < 1.29 is 9.90 Å². The molecule has 6 heteroatoms. The van der Waals surface area contributed by atoms with Gasteiger partial charge in [0.05, 0.1) is 6.54 Å². The number of terminal acetylenes is 1.